The lowest BCUT2D eigenvalue weighted by Gasteiger charge is -2.36. The van der Waals surface area contributed by atoms with Gasteiger partial charge >= 0.3 is 0 Å². The number of nitrogens with zero attached hydrogens (tertiary/aromatic N) is 1. The standard InChI is InChI=1S/C13H17ClN2O2/c14-10-4-3-6-11(9(10)8-17)16-7-2-1-5-12(16)13(15)18/h3-4,6,12,17H,1-2,5,7-8H2,(H2,15,18). The Balaban J connectivity index is 2.39. The zero-order valence-electron chi connectivity index (χ0n) is 10.1. The molecule has 0 spiro atoms. The highest BCUT2D eigenvalue weighted by atomic mass is 35.5. The number of primary amides is 1. The number of hydrogen-bond acceptors (Lipinski definition) is 3. The maximum Gasteiger partial charge on any atom is 0.240 e. The van der Waals surface area contributed by atoms with Gasteiger partial charge in [0.2, 0.25) is 5.91 Å². The molecule has 0 saturated carbocycles. The molecule has 0 radical (unpaired) electrons. The van der Waals surface area contributed by atoms with E-state index in [1.165, 1.54) is 0 Å². The highest BCUT2D eigenvalue weighted by molar-refractivity contribution is 6.31. The minimum atomic E-state index is -0.321. The first-order chi connectivity index (χ1) is 8.65. The first kappa shape index (κ1) is 13.2. The summed E-state index contributed by atoms with van der Waals surface area (Å²) in [6.45, 7) is 0.623. The van der Waals surface area contributed by atoms with Crippen molar-refractivity contribution in [3.05, 3.63) is 28.8 Å². The summed E-state index contributed by atoms with van der Waals surface area (Å²) in [4.78, 5) is 13.5. The van der Waals surface area contributed by atoms with Gasteiger partial charge in [0.15, 0.2) is 0 Å². The second-order valence-electron chi connectivity index (χ2n) is 4.50. The van der Waals surface area contributed by atoms with Crippen molar-refractivity contribution in [1.29, 1.82) is 0 Å². The molecule has 1 unspecified atom stereocenters. The van der Waals surface area contributed by atoms with Crippen molar-refractivity contribution in [2.75, 3.05) is 11.4 Å². The van der Waals surface area contributed by atoms with Gasteiger partial charge in [-0.1, -0.05) is 17.7 Å². The largest absolute Gasteiger partial charge is 0.392 e. The van der Waals surface area contributed by atoms with Crippen LogP contribution in [0.3, 0.4) is 0 Å². The van der Waals surface area contributed by atoms with Gasteiger partial charge in [0.05, 0.1) is 6.61 Å². The SMILES string of the molecule is NC(=O)C1CCCCN1c1cccc(Cl)c1CO. The molecule has 1 heterocycles. The first-order valence-corrected chi connectivity index (χ1v) is 6.47. The third-order valence-electron chi connectivity index (χ3n) is 3.39. The van der Waals surface area contributed by atoms with Crippen LogP contribution in [0.25, 0.3) is 0 Å². The van der Waals surface area contributed by atoms with Crippen molar-refractivity contribution >= 4 is 23.2 Å². The van der Waals surface area contributed by atoms with Gasteiger partial charge in [-0.15, -0.1) is 0 Å². The molecule has 2 rings (SSSR count). The van der Waals surface area contributed by atoms with Crippen LogP contribution < -0.4 is 10.6 Å². The predicted molar refractivity (Wildman–Crippen MR) is 71.6 cm³/mol. The summed E-state index contributed by atoms with van der Waals surface area (Å²) >= 11 is 6.07. The normalized spacial score (nSPS) is 19.9. The van der Waals surface area contributed by atoms with Crippen LogP contribution >= 0.6 is 11.6 Å². The van der Waals surface area contributed by atoms with Crippen LogP contribution in [0, 0.1) is 0 Å². The average Bonchev–Trinajstić information content (AvgIpc) is 2.38. The second-order valence-corrected chi connectivity index (χ2v) is 4.91. The van der Waals surface area contributed by atoms with E-state index in [9.17, 15) is 9.90 Å². The molecule has 1 saturated heterocycles. The zero-order valence-corrected chi connectivity index (χ0v) is 10.9. The van der Waals surface area contributed by atoms with Crippen LogP contribution in [-0.2, 0) is 11.4 Å². The maximum atomic E-state index is 11.5. The smallest absolute Gasteiger partial charge is 0.240 e. The fourth-order valence-corrected chi connectivity index (χ4v) is 2.72. The highest BCUT2D eigenvalue weighted by Gasteiger charge is 2.28. The van der Waals surface area contributed by atoms with Crippen molar-refractivity contribution in [2.45, 2.75) is 31.9 Å². The molecule has 4 nitrogen and oxygen atoms in total. The molecule has 5 heteroatoms. The van der Waals surface area contributed by atoms with E-state index in [2.05, 4.69) is 0 Å². The second kappa shape index (κ2) is 5.59. The fraction of sp³-hybridized carbons (Fsp3) is 0.462. The van der Waals surface area contributed by atoms with Crippen LogP contribution in [0.4, 0.5) is 5.69 Å². The van der Waals surface area contributed by atoms with Crippen LogP contribution in [0.2, 0.25) is 5.02 Å². The number of benzene rings is 1. The lowest BCUT2D eigenvalue weighted by molar-refractivity contribution is -0.119. The van der Waals surface area contributed by atoms with E-state index in [0.29, 0.717) is 10.6 Å². The molecule has 1 amide bonds. The summed E-state index contributed by atoms with van der Waals surface area (Å²) in [7, 11) is 0. The Morgan fingerprint density at radius 1 is 1.50 bits per heavy atom. The number of carbonyl (C=O) groups is 1. The van der Waals surface area contributed by atoms with Gasteiger partial charge in [-0.3, -0.25) is 4.79 Å². The summed E-state index contributed by atoms with van der Waals surface area (Å²) in [6, 6.07) is 5.13. The van der Waals surface area contributed by atoms with Crippen molar-refractivity contribution in [1.82, 2.24) is 0 Å². The summed E-state index contributed by atoms with van der Waals surface area (Å²) in [5.74, 6) is -0.321. The number of piperidine rings is 1. The van der Waals surface area contributed by atoms with Crippen LogP contribution in [0.5, 0.6) is 0 Å². The van der Waals surface area contributed by atoms with Crippen molar-refractivity contribution in [3.63, 3.8) is 0 Å². The Hall–Kier alpha value is -1.26. The minimum absolute atomic E-state index is 0.142. The number of rotatable bonds is 3. The quantitative estimate of drug-likeness (QED) is 0.876. The third kappa shape index (κ3) is 2.44. The van der Waals surface area contributed by atoms with Gasteiger partial charge in [-0.25, -0.2) is 0 Å². The van der Waals surface area contributed by atoms with Gasteiger partial charge in [-0.05, 0) is 31.4 Å². The van der Waals surface area contributed by atoms with Crippen LogP contribution in [0.1, 0.15) is 24.8 Å². The van der Waals surface area contributed by atoms with E-state index in [1.807, 2.05) is 17.0 Å². The van der Waals surface area contributed by atoms with Gasteiger partial charge in [0.25, 0.3) is 0 Å². The third-order valence-corrected chi connectivity index (χ3v) is 3.75. The molecule has 0 aromatic heterocycles. The molecular formula is C13H17ClN2O2. The fourth-order valence-electron chi connectivity index (χ4n) is 2.49. The topological polar surface area (TPSA) is 66.6 Å². The molecule has 1 aliphatic heterocycles. The number of hydrogen-bond donors (Lipinski definition) is 2. The molecule has 98 valence electrons. The molecular weight excluding hydrogens is 252 g/mol. The van der Waals surface area contributed by atoms with Crippen molar-refractivity contribution in [2.24, 2.45) is 5.73 Å². The highest BCUT2D eigenvalue weighted by Crippen LogP contribution is 2.32. The van der Waals surface area contributed by atoms with Crippen LogP contribution in [-0.4, -0.2) is 23.6 Å². The zero-order chi connectivity index (χ0) is 13.1. The maximum absolute atomic E-state index is 11.5. The van der Waals surface area contributed by atoms with E-state index < -0.39 is 0 Å². The molecule has 1 aromatic carbocycles. The number of anilines is 1. The minimum Gasteiger partial charge on any atom is -0.392 e. The lowest BCUT2D eigenvalue weighted by atomic mass is 9.99. The first-order valence-electron chi connectivity index (χ1n) is 6.09. The molecule has 1 aromatic rings. The summed E-state index contributed by atoms with van der Waals surface area (Å²) in [6.07, 6.45) is 2.77. The van der Waals surface area contributed by atoms with E-state index >= 15 is 0 Å². The average molecular weight is 269 g/mol. The van der Waals surface area contributed by atoms with Crippen LogP contribution in [0.15, 0.2) is 18.2 Å². The molecule has 0 aliphatic carbocycles. The number of nitrogens with two attached hydrogens (primary N) is 1. The molecule has 3 N–H and O–H groups in total. The van der Waals surface area contributed by atoms with Crippen molar-refractivity contribution < 1.29 is 9.90 Å². The number of amides is 1. The Bertz CT molecular complexity index is 451. The molecule has 1 fully saturated rings. The molecule has 18 heavy (non-hydrogen) atoms. The lowest BCUT2D eigenvalue weighted by Crippen LogP contribution is -2.48. The van der Waals surface area contributed by atoms with E-state index in [4.69, 9.17) is 17.3 Å². The van der Waals surface area contributed by atoms with Gasteiger partial charge in [0, 0.05) is 22.8 Å². The van der Waals surface area contributed by atoms with Gasteiger partial charge in [-0.2, -0.15) is 0 Å². The Morgan fingerprint density at radius 2 is 2.28 bits per heavy atom. The Morgan fingerprint density at radius 3 is 2.94 bits per heavy atom. The molecule has 1 atom stereocenters. The van der Waals surface area contributed by atoms with Crippen molar-refractivity contribution in [3.8, 4) is 0 Å². The predicted octanol–water partition coefficient (Wildman–Crippen LogP) is 1.68. The van der Waals surface area contributed by atoms with E-state index in [-0.39, 0.29) is 18.6 Å². The monoisotopic (exact) mass is 268 g/mol. The molecule has 1 aliphatic rings. The van der Waals surface area contributed by atoms with Gasteiger partial charge in [0.1, 0.15) is 6.04 Å². The number of aliphatic hydroxyl groups is 1. The number of aliphatic hydroxyl groups excluding tert-OH is 1. The van der Waals surface area contributed by atoms with E-state index in [1.54, 1.807) is 6.07 Å². The Kier molecular flexibility index (Phi) is 4.09. The summed E-state index contributed by atoms with van der Waals surface area (Å²) in [5, 5.41) is 9.94. The molecule has 0 bridgehead atoms. The number of halogens is 1. The summed E-state index contributed by atoms with van der Waals surface area (Å²) in [5.41, 5.74) is 6.92. The number of carbonyl (C=O) groups excluding carboxylic acids is 1. The van der Waals surface area contributed by atoms with Gasteiger partial charge < -0.3 is 15.7 Å². The Labute approximate surface area is 111 Å². The van der Waals surface area contributed by atoms with E-state index in [0.717, 1.165) is 31.5 Å². The summed E-state index contributed by atoms with van der Waals surface area (Å²) < 4.78 is 0.